The summed E-state index contributed by atoms with van der Waals surface area (Å²) in [5, 5.41) is 0. The van der Waals surface area contributed by atoms with Crippen molar-refractivity contribution in [1.29, 1.82) is 0 Å². The van der Waals surface area contributed by atoms with Crippen LogP contribution in [-0.2, 0) is 6.54 Å². The number of hydrogen-bond acceptors (Lipinski definition) is 3. The standard InChI is InChI=1S/C12H17N3O/c13-12(16)11-10(5-4-6-14-11)9-15-7-2-1-3-8-15/h4-6H,1-3,7-9H2,(H2,13,16). The average Bonchev–Trinajstić information content (AvgIpc) is 2.31. The van der Waals surface area contributed by atoms with E-state index in [2.05, 4.69) is 9.88 Å². The van der Waals surface area contributed by atoms with Crippen LogP contribution in [0.5, 0.6) is 0 Å². The summed E-state index contributed by atoms with van der Waals surface area (Å²) in [6, 6.07) is 3.79. The summed E-state index contributed by atoms with van der Waals surface area (Å²) in [6.07, 6.45) is 5.41. The summed E-state index contributed by atoms with van der Waals surface area (Å²) in [7, 11) is 0. The molecule has 1 fully saturated rings. The smallest absolute Gasteiger partial charge is 0.267 e. The van der Waals surface area contributed by atoms with Gasteiger partial charge in [0.15, 0.2) is 0 Å². The van der Waals surface area contributed by atoms with E-state index in [1.54, 1.807) is 6.20 Å². The molecule has 0 radical (unpaired) electrons. The molecule has 2 N–H and O–H groups in total. The topological polar surface area (TPSA) is 59.2 Å². The Hall–Kier alpha value is -1.42. The lowest BCUT2D eigenvalue weighted by Crippen LogP contribution is -2.30. The molecule has 4 heteroatoms. The molecule has 0 bridgehead atoms. The van der Waals surface area contributed by atoms with Gasteiger partial charge in [0.05, 0.1) is 0 Å². The third-order valence-corrected chi connectivity index (χ3v) is 2.97. The highest BCUT2D eigenvalue weighted by Crippen LogP contribution is 2.14. The monoisotopic (exact) mass is 219 g/mol. The quantitative estimate of drug-likeness (QED) is 0.830. The van der Waals surface area contributed by atoms with Gasteiger partial charge in [-0.25, -0.2) is 0 Å². The number of nitrogens with two attached hydrogens (primary N) is 1. The molecule has 0 saturated carbocycles. The van der Waals surface area contributed by atoms with Gasteiger partial charge in [-0.1, -0.05) is 12.5 Å². The first-order chi connectivity index (χ1) is 7.77. The molecular formula is C12H17N3O. The lowest BCUT2D eigenvalue weighted by molar-refractivity contribution is 0.0993. The number of aromatic nitrogens is 1. The van der Waals surface area contributed by atoms with E-state index in [1.807, 2.05) is 12.1 Å². The van der Waals surface area contributed by atoms with Crippen LogP contribution in [0.2, 0.25) is 0 Å². The highest BCUT2D eigenvalue weighted by atomic mass is 16.1. The molecule has 16 heavy (non-hydrogen) atoms. The Kier molecular flexibility index (Phi) is 3.51. The van der Waals surface area contributed by atoms with Gasteiger partial charge in [0.25, 0.3) is 5.91 Å². The van der Waals surface area contributed by atoms with Crippen molar-refractivity contribution in [1.82, 2.24) is 9.88 Å². The molecule has 1 aliphatic rings. The molecule has 1 aromatic rings. The molecule has 1 amide bonds. The van der Waals surface area contributed by atoms with E-state index in [9.17, 15) is 4.79 Å². The summed E-state index contributed by atoms with van der Waals surface area (Å²) >= 11 is 0. The summed E-state index contributed by atoms with van der Waals surface area (Å²) in [5.41, 5.74) is 6.65. The molecule has 0 aromatic carbocycles. The van der Waals surface area contributed by atoms with E-state index >= 15 is 0 Å². The van der Waals surface area contributed by atoms with Gasteiger partial charge in [-0.15, -0.1) is 0 Å². The predicted molar refractivity (Wildman–Crippen MR) is 61.9 cm³/mol. The van der Waals surface area contributed by atoms with Crippen LogP contribution in [0, 0.1) is 0 Å². The predicted octanol–water partition coefficient (Wildman–Crippen LogP) is 1.17. The van der Waals surface area contributed by atoms with Gasteiger partial charge < -0.3 is 5.73 Å². The van der Waals surface area contributed by atoms with Crippen LogP contribution in [0.15, 0.2) is 18.3 Å². The van der Waals surface area contributed by atoms with Gasteiger partial charge in [-0.05, 0) is 37.6 Å². The summed E-state index contributed by atoms with van der Waals surface area (Å²) < 4.78 is 0. The maximum absolute atomic E-state index is 11.2. The van der Waals surface area contributed by atoms with Crippen molar-refractivity contribution in [3.8, 4) is 0 Å². The Labute approximate surface area is 95.5 Å². The first kappa shape index (κ1) is 11.1. The third-order valence-electron chi connectivity index (χ3n) is 2.97. The van der Waals surface area contributed by atoms with Crippen LogP contribution in [0.3, 0.4) is 0 Å². The van der Waals surface area contributed by atoms with E-state index in [0.29, 0.717) is 5.69 Å². The number of pyridine rings is 1. The van der Waals surface area contributed by atoms with Crippen LogP contribution >= 0.6 is 0 Å². The summed E-state index contributed by atoms with van der Waals surface area (Å²) in [5.74, 6) is -0.437. The lowest BCUT2D eigenvalue weighted by Gasteiger charge is -2.26. The van der Waals surface area contributed by atoms with Gasteiger partial charge in [-0.3, -0.25) is 14.7 Å². The van der Waals surface area contributed by atoms with Gasteiger partial charge >= 0.3 is 0 Å². The van der Waals surface area contributed by atoms with Gasteiger partial charge in [0.1, 0.15) is 5.69 Å². The van der Waals surface area contributed by atoms with Crippen molar-refractivity contribution in [2.24, 2.45) is 5.73 Å². The number of primary amides is 1. The molecular weight excluding hydrogens is 202 g/mol. The number of rotatable bonds is 3. The number of carbonyl (C=O) groups is 1. The second-order valence-corrected chi connectivity index (χ2v) is 4.21. The number of hydrogen-bond donors (Lipinski definition) is 1. The van der Waals surface area contributed by atoms with Crippen molar-refractivity contribution < 1.29 is 4.79 Å². The van der Waals surface area contributed by atoms with Crippen molar-refractivity contribution in [3.63, 3.8) is 0 Å². The molecule has 0 atom stereocenters. The highest BCUT2D eigenvalue weighted by Gasteiger charge is 2.14. The first-order valence-electron chi connectivity index (χ1n) is 5.73. The van der Waals surface area contributed by atoms with Crippen molar-refractivity contribution >= 4 is 5.91 Å². The van der Waals surface area contributed by atoms with E-state index in [-0.39, 0.29) is 0 Å². The average molecular weight is 219 g/mol. The minimum Gasteiger partial charge on any atom is -0.364 e. The minimum atomic E-state index is -0.437. The fraction of sp³-hybridized carbons (Fsp3) is 0.500. The van der Waals surface area contributed by atoms with Crippen LogP contribution in [0.1, 0.15) is 35.3 Å². The molecule has 2 heterocycles. The molecule has 0 aliphatic carbocycles. The Morgan fingerprint density at radius 1 is 1.38 bits per heavy atom. The second-order valence-electron chi connectivity index (χ2n) is 4.21. The van der Waals surface area contributed by atoms with E-state index in [4.69, 9.17) is 5.73 Å². The molecule has 0 unspecified atom stereocenters. The first-order valence-corrected chi connectivity index (χ1v) is 5.73. The highest BCUT2D eigenvalue weighted by molar-refractivity contribution is 5.92. The van der Waals surface area contributed by atoms with Gasteiger partial charge in [0.2, 0.25) is 0 Å². The van der Waals surface area contributed by atoms with Crippen molar-refractivity contribution in [3.05, 3.63) is 29.6 Å². The SMILES string of the molecule is NC(=O)c1ncccc1CN1CCCCC1. The zero-order valence-corrected chi connectivity index (χ0v) is 9.35. The molecule has 0 spiro atoms. The lowest BCUT2D eigenvalue weighted by atomic mass is 10.1. The zero-order chi connectivity index (χ0) is 11.4. The van der Waals surface area contributed by atoms with Crippen molar-refractivity contribution in [2.45, 2.75) is 25.8 Å². The van der Waals surface area contributed by atoms with Gasteiger partial charge in [0, 0.05) is 12.7 Å². The number of carbonyl (C=O) groups excluding carboxylic acids is 1. The molecule has 4 nitrogen and oxygen atoms in total. The minimum absolute atomic E-state index is 0.410. The second kappa shape index (κ2) is 5.07. The third kappa shape index (κ3) is 2.58. The summed E-state index contributed by atoms with van der Waals surface area (Å²) in [4.78, 5) is 17.6. The fourth-order valence-electron chi connectivity index (χ4n) is 2.15. The van der Waals surface area contributed by atoms with Crippen LogP contribution < -0.4 is 5.73 Å². The normalized spacial score (nSPS) is 17.2. The molecule has 1 saturated heterocycles. The van der Waals surface area contributed by atoms with Crippen LogP contribution in [0.25, 0.3) is 0 Å². The van der Waals surface area contributed by atoms with Crippen LogP contribution in [-0.4, -0.2) is 28.9 Å². The largest absolute Gasteiger partial charge is 0.364 e. The maximum atomic E-state index is 11.2. The Morgan fingerprint density at radius 3 is 2.81 bits per heavy atom. The Balaban J connectivity index is 2.10. The summed E-state index contributed by atoms with van der Waals surface area (Å²) in [6.45, 7) is 2.99. The number of piperidine rings is 1. The van der Waals surface area contributed by atoms with Gasteiger partial charge in [-0.2, -0.15) is 0 Å². The Morgan fingerprint density at radius 2 is 2.12 bits per heavy atom. The van der Waals surface area contributed by atoms with E-state index < -0.39 is 5.91 Å². The molecule has 2 rings (SSSR count). The van der Waals surface area contributed by atoms with E-state index in [1.165, 1.54) is 19.3 Å². The van der Waals surface area contributed by atoms with E-state index in [0.717, 1.165) is 25.2 Å². The molecule has 1 aromatic heterocycles. The maximum Gasteiger partial charge on any atom is 0.267 e. The van der Waals surface area contributed by atoms with Crippen LogP contribution in [0.4, 0.5) is 0 Å². The molecule has 1 aliphatic heterocycles. The number of likely N-dealkylation sites (tertiary alicyclic amines) is 1. The molecule has 86 valence electrons. The Bertz CT molecular complexity index is 372. The fourth-order valence-corrected chi connectivity index (χ4v) is 2.15. The zero-order valence-electron chi connectivity index (χ0n) is 9.35. The number of nitrogens with zero attached hydrogens (tertiary/aromatic N) is 2. The van der Waals surface area contributed by atoms with Crippen molar-refractivity contribution in [2.75, 3.05) is 13.1 Å². The number of amides is 1.